The van der Waals surface area contributed by atoms with Crippen LogP contribution < -0.4 is 15.4 Å². The molecule has 0 aliphatic rings. The Hall–Kier alpha value is -3.87. The smallest absolute Gasteiger partial charge is 0.334 e. The molecule has 1 heterocycles. The summed E-state index contributed by atoms with van der Waals surface area (Å²) in [5.41, 5.74) is 1.46. The van der Waals surface area contributed by atoms with Crippen molar-refractivity contribution in [1.29, 1.82) is 0 Å². The molecule has 7 heteroatoms. The van der Waals surface area contributed by atoms with Crippen LogP contribution >= 0.6 is 0 Å². The highest BCUT2D eigenvalue weighted by Crippen LogP contribution is 2.17. The summed E-state index contributed by atoms with van der Waals surface area (Å²) in [6.07, 6.45) is 1.65. The van der Waals surface area contributed by atoms with E-state index in [1.54, 1.807) is 30.3 Å². The average molecular weight is 392 g/mol. The lowest BCUT2D eigenvalue weighted by Gasteiger charge is -2.17. The molecule has 148 valence electrons. The van der Waals surface area contributed by atoms with E-state index in [2.05, 4.69) is 10.6 Å². The molecule has 0 saturated carbocycles. The minimum absolute atomic E-state index is 0.107. The van der Waals surface area contributed by atoms with E-state index in [4.69, 9.17) is 9.15 Å². The lowest BCUT2D eigenvalue weighted by molar-refractivity contribution is -0.136. The van der Waals surface area contributed by atoms with Crippen LogP contribution in [0.1, 0.15) is 23.0 Å². The highest BCUT2D eigenvalue weighted by atomic mass is 16.5. The zero-order valence-electron chi connectivity index (χ0n) is 15.8. The maximum atomic E-state index is 12.7. The Labute approximate surface area is 167 Å². The van der Waals surface area contributed by atoms with Crippen molar-refractivity contribution in [3.8, 4) is 5.75 Å². The third-order valence-corrected chi connectivity index (χ3v) is 4.01. The standard InChI is InChI=1S/C22H20N2O5/c1-15(25)23-17-9-11-18(12-10-17)29-22(27)19(14-16-6-3-2-4-7-16)24-21(26)20-8-5-13-28-20/h2-13,19H,14H2,1H3,(H,23,25)(H,24,26). The zero-order valence-corrected chi connectivity index (χ0v) is 15.8. The highest BCUT2D eigenvalue weighted by molar-refractivity contribution is 5.95. The van der Waals surface area contributed by atoms with Crippen molar-refractivity contribution in [3.05, 3.63) is 84.3 Å². The van der Waals surface area contributed by atoms with Crippen molar-refractivity contribution < 1.29 is 23.5 Å². The molecule has 0 saturated heterocycles. The van der Waals surface area contributed by atoms with E-state index in [1.165, 1.54) is 19.3 Å². The number of hydrogen-bond donors (Lipinski definition) is 2. The Bertz CT molecular complexity index is 966. The van der Waals surface area contributed by atoms with Gasteiger partial charge in [-0.15, -0.1) is 0 Å². The number of amides is 2. The summed E-state index contributed by atoms with van der Waals surface area (Å²) in [5.74, 6) is -0.904. The maximum absolute atomic E-state index is 12.7. The number of ether oxygens (including phenoxy) is 1. The second-order valence-corrected chi connectivity index (χ2v) is 6.32. The number of hydrogen-bond acceptors (Lipinski definition) is 5. The molecule has 2 N–H and O–H groups in total. The number of rotatable bonds is 7. The summed E-state index contributed by atoms with van der Waals surface area (Å²) < 4.78 is 10.5. The van der Waals surface area contributed by atoms with E-state index < -0.39 is 17.9 Å². The fraction of sp³-hybridized carbons (Fsp3) is 0.136. The Morgan fingerprint density at radius 3 is 2.31 bits per heavy atom. The average Bonchev–Trinajstić information content (AvgIpc) is 3.24. The van der Waals surface area contributed by atoms with Crippen LogP contribution in [-0.2, 0) is 16.0 Å². The molecular formula is C22H20N2O5. The molecule has 29 heavy (non-hydrogen) atoms. The fourth-order valence-corrected chi connectivity index (χ4v) is 2.68. The molecule has 0 aliphatic carbocycles. The minimum atomic E-state index is -0.912. The SMILES string of the molecule is CC(=O)Nc1ccc(OC(=O)C(Cc2ccccc2)NC(=O)c2ccco2)cc1. The lowest BCUT2D eigenvalue weighted by atomic mass is 10.1. The van der Waals surface area contributed by atoms with E-state index in [-0.39, 0.29) is 18.1 Å². The van der Waals surface area contributed by atoms with E-state index in [1.807, 2.05) is 30.3 Å². The molecule has 1 unspecified atom stereocenters. The van der Waals surface area contributed by atoms with E-state index in [0.29, 0.717) is 11.4 Å². The summed E-state index contributed by atoms with van der Waals surface area (Å²) in [6, 6.07) is 17.9. The molecule has 0 bridgehead atoms. The Morgan fingerprint density at radius 2 is 1.69 bits per heavy atom. The Kier molecular flexibility index (Phi) is 6.42. The first-order chi connectivity index (χ1) is 14.0. The van der Waals surface area contributed by atoms with Gasteiger partial charge in [0.2, 0.25) is 5.91 Å². The normalized spacial score (nSPS) is 11.3. The molecule has 1 aromatic heterocycles. The van der Waals surface area contributed by atoms with Gasteiger partial charge in [0, 0.05) is 19.0 Å². The van der Waals surface area contributed by atoms with Crippen LogP contribution in [0.15, 0.2) is 77.4 Å². The molecule has 0 aliphatic heterocycles. The molecule has 2 aromatic carbocycles. The summed E-state index contributed by atoms with van der Waals surface area (Å²) in [5, 5.41) is 5.30. The van der Waals surface area contributed by atoms with Gasteiger partial charge in [0.1, 0.15) is 11.8 Å². The van der Waals surface area contributed by atoms with Gasteiger partial charge < -0.3 is 19.8 Å². The number of esters is 1. The molecule has 0 radical (unpaired) electrons. The second-order valence-electron chi connectivity index (χ2n) is 6.32. The summed E-state index contributed by atoms with van der Waals surface area (Å²) in [6.45, 7) is 1.41. The van der Waals surface area contributed by atoms with Crippen LogP contribution in [-0.4, -0.2) is 23.8 Å². The molecule has 3 rings (SSSR count). The van der Waals surface area contributed by atoms with Gasteiger partial charge in [-0.1, -0.05) is 30.3 Å². The van der Waals surface area contributed by atoms with Crippen molar-refractivity contribution in [3.63, 3.8) is 0 Å². The predicted molar refractivity (Wildman–Crippen MR) is 106 cm³/mol. The monoisotopic (exact) mass is 392 g/mol. The number of furan rings is 1. The first-order valence-electron chi connectivity index (χ1n) is 8.99. The number of nitrogens with one attached hydrogen (secondary N) is 2. The maximum Gasteiger partial charge on any atom is 0.334 e. The van der Waals surface area contributed by atoms with Gasteiger partial charge in [-0.2, -0.15) is 0 Å². The van der Waals surface area contributed by atoms with E-state index in [0.717, 1.165) is 5.56 Å². The second kappa shape index (κ2) is 9.36. The Morgan fingerprint density at radius 1 is 0.966 bits per heavy atom. The molecule has 7 nitrogen and oxygen atoms in total. The molecular weight excluding hydrogens is 372 g/mol. The largest absolute Gasteiger partial charge is 0.459 e. The van der Waals surface area contributed by atoms with Gasteiger partial charge in [0.15, 0.2) is 5.76 Å². The summed E-state index contributed by atoms with van der Waals surface area (Å²) in [7, 11) is 0. The lowest BCUT2D eigenvalue weighted by Crippen LogP contribution is -2.44. The van der Waals surface area contributed by atoms with Crippen molar-refractivity contribution in [2.75, 3.05) is 5.32 Å². The van der Waals surface area contributed by atoms with Crippen LogP contribution in [0.25, 0.3) is 0 Å². The highest BCUT2D eigenvalue weighted by Gasteiger charge is 2.25. The topological polar surface area (TPSA) is 97.6 Å². The van der Waals surface area contributed by atoms with Crippen molar-refractivity contribution in [2.45, 2.75) is 19.4 Å². The quantitative estimate of drug-likeness (QED) is 0.475. The van der Waals surface area contributed by atoms with Gasteiger partial charge >= 0.3 is 5.97 Å². The Balaban J connectivity index is 1.72. The third kappa shape index (κ3) is 5.80. The van der Waals surface area contributed by atoms with Gasteiger partial charge in [0.05, 0.1) is 6.26 Å². The van der Waals surface area contributed by atoms with Gasteiger partial charge in [0.25, 0.3) is 5.91 Å². The van der Waals surface area contributed by atoms with Crippen LogP contribution in [0, 0.1) is 0 Å². The van der Waals surface area contributed by atoms with Crippen molar-refractivity contribution in [1.82, 2.24) is 5.32 Å². The fourth-order valence-electron chi connectivity index (χ4n) is 2.68. The minimum Gasteiger partial charge on any atom is -0.459 e. The number of benzene rings is 2. The number of carbonyl (C=O) groups is 3. The van der Waals surface area contributed by atoms with Gasteiger partial charge in [-0.25, -0.2) is 4.79 Å². The van der Waals surface area contributed by atoms with Crippen LogP contribution in [0.5, 0.6) is 5.75 Å². The molecule has 2 amide bonds. The predicted octanol–water partition coefficient (Wildman–Crippen LogP) is 3.18. The first kappa shape index (κ1) is 19.9. The van der Waals surface area contributed by atoms with E-state index >= 15 is 0 Å². The molecule has 3 aromatic rings. The first-order valence-corrected chi connectivity index (χ1v) is 8.99. The summed E-state index contributed by atoms with van der Waals surface area (Å²) in [4.78, 5) is 36.2. The van der Waals surface area contributed by atoms with Gasteiger partial charge in [-0.3, -0.25) is 9.59 Å². The number of carbonyl (C=O) groups excluding carboxylic acids is 3. The van der Waals surface area contributed by atoms with Crippen LogP contribution in [0.4, 0.5) is 5.69 Å². The molecule has 1 atom stereocenters. The van der Waals surface area contributed by atoms with Crippen molar-refractivity contribution in [2.24, 2.45) is 0 Å². The van der Waals surface area contributed by atoms with Gasteiger partial charge in [-0.05, 0) is 42.0 Å². The van der Waals surface area contributed by atoms with Crippen LogP contribution in [0.3, 0.4) is 0 Å². The van der Waals surface area contributed by atoms with Crippen molar-refractivity contribution >= 4 is 23.5 Å². The van der Waals surface area contributed by atoms with E-state index in [9.17, 15) is 14.4 Å². The molecule has 0 fully saturated rings. The third-order valence-electron chi connectivity index (χ3n) is 4.01. The summed E-state index contributed by atoms with van der Waals surface area (Å²) >= 11 is 0. The van der Waals surface area contributed by atoms with Crippen LogP contribution in [0.2, 0.25) is 0 Å². The zero-order chi connectivity index (χ0) is 20.6. The number of anilines is 1. The molecule has 0 spiro atoms.